The van der Waals surface area contributed by atoms with Crippen molar-refractivity contribution in [1.29, 1.82) is 0 Å². The first kappa shape index (κ1) is 14.9. The molecule has 2 aliphatic rings. The highest BCUT2D eigenvalue weighted by Crippen LogP contribution is 2.53. The molecule has 0 bridgehead atoms. The largest absolute Gasteiger partial charge is 0.417 e. The fourth-order valence-electron chi connectivity index (χ4n) is 2.95. The molecule has 1 saturated carbocycles. The van der Waals surface area contributed by atoms with Crippen LogP contribution in [0.3, 0.4) is 0 Å². The van der Waals surface area contributed by atoms with Crippen molar-refractivity contribution in [2.24, 2.45) is 5.41 Å². The number of likely N-dealkylation sites (tertiary alicyclic amines) is 1. The Hall–Kier alpha value is -1.04. The zero-order valence-corrected chi connectivity index (χ0v) is 12.9. The third-order valence-corrected chi connectivity index (χ3v) is 5.46. The van der Waals surface area contributed by atoms with Crippen LogP contribution in [-0.2, 0) is 6.18 Å². The zero-order chi connectivity index (χ0) is 15.3. The van der Waals surface area contributed by atoms with E-state index >= 15 is 0 Å². The fourth-order valence-corrected chi connectivity index (χ4v) is 3.61. The monoisotopic (exact) mass is 361 g/mol. The van der Waals surface area contributed by atoms with Crippen LogP contribution < -0.4 is 0 Å². The van der Waals surface area contributed by atoms with Gasteiger partial charge in [0.2, 0.25) is 0 Å². The molecule has 0 radical (unpaired) electrons. The summed E-state index contributed by atoms with van der Waals surface area (Å²) >= 11 is 2.95. The molecule has 1 aliphatic heterocycles. The van der Waals surface area contributed by atoms with Crippen molar-refractivity contribution in [2.75, 3.05) is 13.1 Å². The molecule has 0 atom stereocenters. The highest BCUT2D eigenvalue weighted by atomic mass is 79.9. The summed E-state index contributed by atoms with van der Waals surface area (Å²) in [6.07, 6.45) is -0.0791. The predicted molar refractivity (Wildman–Crippen MR) is 75.9 cm³/mol. The number of hydrogen-bond donors (Lipinski definition) is 0. The van der Waals surface area contributed by atoms with Gasteiger partial charge >= 0.3 is 6.18 Å². The first-order chi connectivity index (χ1) is 9.82. The van der Waals surface area contributed by atoms with E-state index in [1.54, 1.807) is 4.90 Å². The number of carbonyl (C=O) groups excluding carboxylic acids is 1. The number of carbonyl (C=O) groups is 1. The quantitative estimate of drug-likeness (QED) is 0.721. The average Bonchev–Trinajstić information content (AvgIpc) is 3.17. The van der Waals surface area contributed by atoms with Gasteiger partial charge in [-0.3, -0.25) is 4.79 Å². The van der Waals surface area contributed by atoms with Gasteiger partial charge < -0.3 is 4.90 Å². The van der Waals surface area contributed by atoms with Gasteiger partial charge in [0.15, 0.2) is 0 Å². The summed E-state index contributed by atoms with van der Waals surface area (Å²) in [4.78, 5) is 14.1. The first-order valence-electron chi connectivity index (χ1n) is 6.97. The molecule has 21 heavy (non-hydrogen) atoms. The molecule has 2 nitrogen and oxygen atoms in total. The van der Waals surface area contributed by atoms with Gasteiger partial charge in [0.05, 0.1) is 11.1 Å². The van der Waals surface area contributed by atoms with E-state index in [9.17, 15) is 18.0 Å². The van der Waals surface area contributed by atoms with Crippen LogP contribution in [0.1, 0.15) is 41.6 Å². The highest BCUT2D eigenvalue weighted by molar-refractivity contribution is 9.10. The van der Waals surface area contributed by atoms with Gasteiger partial charge in [-0.2, -0.15) is 13.2 Å². The standard InChI is InChI=1S/C15H15BrF3NO/c16-12-10(2-1-3-11(12)15(17,18)19)13(21)20-8-6-14(4-5-14)7-9-20/h1-3H,4-9H2. The number of halogens is 4. The van der Waals surface area contributed by atoms with Crippen LogP contribution in [0.4, 0.5) is 13.2 Å². The van der Waals surface area contributed by atoms with E-state index in [0.29, 0.717) is 18.5 Å². The maximum absolute atomic E-state index is 12.9. The van der Waals surface area contributed by atoms with Gasteiger partial charge in [-0.05, 0) is 59.2 Å². The summed E-state index contributed by atoms with van der Waals surface area (Å²) in [5.41, 5.74) is -0.275. The second kappa shape index (κ2) is 5.00. The molecule has 1 saturated heterocycles. The van der Waals surface area contributed by atoms with Crippen molar-refractivity contribution >= 4 is 21.8 Å². The van der Waals surface area contributed by atoms with Crippen molar-refractivity contribution in [3.8, 4) is 0 Å². The SMILES string of the molecule is O=C(c1cccc(C(F)(F)F)c1Br)N1CCC2(CC1)CC2. The van der Waals surface area contributed by atoms with Crippen LogP contribution in [0.25, 0.3) is 0 Å². The Morgan fingerprint density at radius 3 is 2.29 bits per heavy atom. The molecule has 1 aliphatic carbocycles. The van der Waals surface area contributed by atoms with Gasteiger partial charge in [0.1, 0.15) is 0 Å². The Labute approximate surface area is 129 Å². The molecule has 1 heterocycles. The molecule has 0 unspecified atom stereocenters. The van der Waals surface area contributed by atoms with E-state index in [-0.39, 0.29) is 15.9 Å². The molecule has 6 heteroatoms. The lowest BCUT2D eigenvalue weighted by Crippen LogP contribution is -2.39. The molecule has 0 aromatic heterocycles. The second-order valence-electron chi connectivity index (χ2n) is 5.96. The molecule has 1 spiro atoms. The van der Waals surface area contributed by atoms with E-state index in [1.165, 1.54) is 25.0 Å². The highest BCUT2D eigenvalue weighted by Gasteiger charge is 2.45. The van der Waals surface area contributed by atoms with Gasteiger partial charge in [-0.1, -0.05) is 6.07 Å². The normalized spacial score (nSPS) is 20.7. The number of alkyl halides is 3. The third-order valence-electron chi connectivity index (χ3n) is 4.60. The van der Waals surface area contributed by atoms with Crippen LogP contribution in [0, 0.1) is 5.41 Å². The molecular formula is C15H15BrF3NO. The summed E-state index contributed by atoms with van der Waals surface area (Å²) in [5.74, 6) is -0.316. The summed E-state index contributed by atoms with van der Waals surface area (Å²) in [6, 6.07) is 3.71. The third kappa shape index (κ3) is 2.82. The average molecular weight is 362 g/mol. The first-order valence-corrected chi connectivity index (χ1v) is 7.77. The number of piperidine rings is 1. The lowest BCUT2D eigenvalue weighted by molar-refractivity contribution is -0.138. The maximum Gasteiger partial charge on any atom is 0.417 e. The number of amides is 1. The molecule has 1 aromatic rings. The smallest absolute Gasteiger partial charge is 0.339 e. The van der Waals surface area contributed by atoms with E-state index in [2.05, 4.69) is 15.9 Å². The van der Waals surface area contributed by atoms with Crippen molar-refractivity contribution in [3.05, 3.63) is 33.8 Å². The fraction of sp³-hybridized carbons (Fsp3) is 0.533. The second-order valence-corrected chi connectivity index (χ2v) is 6.75. The molecule has 0 N–H and O–H groups in total. The molecule has 1 aromatic carbocycles. The summed E-state index contributed by atoms with van der Waals surface area (Å²) in [6.45, 7) is 1.28. The summed E-state index contributed by atoms with van der Waals surface area (Å²) in [5, 5.41) is 0. The number of nitrogens with zero attached hydrogens (tertiary/aromatic N) is 1. The van der Waals surface area contributed by atoms with Gasteiger partial charge in [0, 0.05) is 17.6 Å². The molecule has 3 rings (SSSR count). The van der Waals surface area contributed by atoms with Gasteiger partial charge in [-0.15, -0.1) is 0 Å². The number of hydrogen-bond acceptors (Lipinski definition) is 1. The Morgan fingerprint density at radius 1 is 1.14 bits per heavy atom. The minimum Gasteiger partial charge on any atom is -0.339 e. The number of benzene rings is 1. The van der Waals surface area contributed by atoms with Crippen LogP contribution in [-0.4, -0.2) is 23.9 Å². The van der Waals surface area contributed by atoms with Crippen LogP contribution >= 0.6 is 15.9 Å². The Kier molecular flexibility index (Phi) is 3.55. The van der Waals surface area contributed by atoms with Crippen molar-refractivity contribution in [1.82, 2.24) is 4.90 Å². The Balaban J connectivity index is 1.81. The Bertz CT molecular complexity index is 571. The van der Waals surface area contributed by atoms with Gasteiger partial charge in [0.25, 0.3) is 5.91 Å². The predicted octanol–water partition coefficient (Wildman–Crippen LogP) is 4.48. The topological polar surface area (TPSA) is 20.3 Å². The van der Waals surface area contributed by atoms with Crippen LogP contribution in [0.2, 0.25) is 0 Å². The molecule has 1 amide bonds. The minimum atomic E-state index is -4.46. The van der Waals surface area contributed by atoms with Crippen LogP contribution in [0.5, 0.6) is 0 Å². The lowest BCUT2D eigenvalue weighted by atomic mass is 9.93. The maximum atomic E-state index is 12.9. The number of rotatable bonds is 1. The summed E-state index contributed by atoms with van der Waals surface area (Å²) in [7, 11) is 0. The van der Waals surface area contributed by atoms with Gasteiger partial charge in [-0.25, -0.2) is 0 Å². The minimum absolute atomic E-state index is 0.0940. The molecule has 114 valence electrons. The molecular weight excluding hydrogens is 347 g/mol. The van der Waals surface area contributed by atoms with Crippen molar-refractivity contribution in [2.45, 2.75) is 31.9 Å². The van der Waals surface area contributed by atoms with Crippen molar-refractivity contribution in [3.63, 3.8) is 0 Å². The van der Waals surface area contributed by atoms with E-state index in [4.69, 9.17) is 0 Å². The van der Waals surface area contributed by atoms with Crippen LogP contribution in [0.15, 0.2) is 22.7 Å². The lowest BCUT2D eigenvalue weighted by Gasteiger charge is -2.32. The molecule has 2 fully saturated rings. The zero-order valence-electron chi connectivity index (χ0n) is 11.3. The summed E-state index contributed by atoms with van der Waals surface area (Å²) < 4.78 is 38.5. The van der Waals surface area contributed by atoms with E-state index in [1.807, 2.05) is 0 Å². The van der Waals surface area contributed by atoms with E-state index < -0.39 is 11.7 Å². The van der Waals surface area contributed by atoms with Crippen molar-refractivity contribution < 1.29 is 18.0 Å². The van der Waals surface area contributed by atoms with E-state index in [0.717, 1.165) is 18.9 Å². The Morgan fingerprint density at radius 2 is 1.76 bits per heavy atom.